The molecule has 1 aliphatic carbocycles. The molecule has 202 valence electrons. The summed E-state index contributed by atoms with van der Waals surface area (Å²) in [4.78, 5) is 4.57. The van der Waals surface area contributed by atoms with E-state index >= 15 is 0 Å². The van der Waals surface area contributed by atoms with Gasteiger partial charge in [-0.1, -0.05) is 40.9 Å². The molecule has 5 aromatic rings. The number of sulfonamides is 1. The fourth-order valence-corrected chi connectivity index (χ4v) is 7.96. The molecule has 1 fully saturated rings. The van der Waals surface area contributed by atoms with Gasteiger partial charge in [0.05, 0.1) is 31.5 Å². The Morgan fingerprint density at radius 2 is 1.67 bits per heavy atom. The van der Waals surface area contributed by atoms with Crippen LogP contribution in [0.25, 0.3) is 16.8 Å². The van der Waals surface area contributed by atoms with Crippen molar-refractivity contribution in [1.29, 1.82) is 0 Å². The van der Waals surface area contributed by atoms with Gasteiger partial charge >= 0.3 is 0 Å². The van der Waals surface area contributed by atoms with Crippen LogP contribution in [0.5, 0.6) is 0 Å². The number of benzene rings is 2. The summed E-state index contributed by atoms with van der Waals surface area (Å²) >= 11 is 11.9. The largest absolute Gasteiger partial charge is 0.274 e. The molecule has 0 aliphatic heterocycles. The van der Waals surface area contributed by atoms with Gasteiger partial charge < -0.3 is 0 Å². The predicted molar refractivity (Wildman–Crippen MR) is 147 cm³/mol. The number of hydrogen-bond donors (Lipinski definition) is 1. The summed E-state index contributed by atoms with van der Waals surface area (Å²) in [7, 11) is -7.69. The molecule has 14 heteroatoms. The second kappa shape index (κ2) is 9.56. The van der Waals surface area contributed by atoms with Gasteiger partial charge in [0.15, 0.2) is 11.3 Å². The molecule has 10 nitrogen and oxygen atoms in total. The third-order valence-electron chi connectivity index (χ3n) is 6.96. The van der Waals surface area contributed by atoms with Gasteiger partial charge in [-0.2, -0.15) is 0 Å². The normalized spacial score (nSPS) is 18.3. The van der Waals surface area contributed by atoms with Gasteiger partial charge in [-0.15, -0.1) is 10.2 Å². The molecule has 0 spiro atoms. The van der Waals surface area contributed by atoms with E-state index in [1.165, 1.54) is 30.6 Å². The molecule has 0 bridgehead atoms. The Hall–Kier alpha value is -3.03. The minimum absolute atomic E-state index is 0.0391. The highest BCUT2D eigenvalue weighted by Crippen LogP contribution is 2.36. The molecule has 0 unspecified atom stereocenters. The summed E-state index contributed by atoms with van der Waals surface area (Å²) in [6, 6.07) is 12.1. The van der Waals surface area contributed by atoms with Crippen molar-refractivity contribution >= 4 is 60.1 Å². The smallest absolute Gasteiger partial charge is 0.269 e. The molecule has 3 heterocycles. The molecule has 1 aliphatic rings. The van der Waals surface area contributed by atoms with Crippen molar-refractivity contribution in [2.75, 3.05) is 0 Å². The average molecular weight is 606 g/mol. The van der Waals surface area contributed by atoms with Crippen molar-refractivity contribution < 1.29 is 16.8 Å². The number of hydrogen-bond acceptors (Lipinski definition) is 7. The van der Waals surface area contributed by atoms with Crippen LogP contribution in [0.3, 0.4) is 0 Å². The number of aryl methyl sites for hydroxylation is 1. The summed E-state index contributed by atoms with van der Waals surface area (Å²) in [6.07, 6.45) is 4.71. The molecule has 6 rings (SSSR count). The quantitative estimate of drug-likeness (QED) is 0.301. The molecule has 0 radical (unpaired) electrons. The monoisotopic (exact) mass is 604 g/mol. The lowest BCUT2D eigenvalue weighted by Gasteiger charge is -2.14. The first kappa shape index (κ1) is 26.2. The van der Waals surface area contributed by atoms with Gasteiger partial charge in [0.25, 0.3) is 10.0 Å². The Labute approximate surface area is 234 Å². The number of rotatable bonds is 6. The maximum Gasteiger partial charge on any atom is 0.269 e. The summed E-state index contributed by atoms with van der Waals surface area (Å²) in [6.45, 7) is 1.89. The lowest BCUT2D eigenvalue weighted by Crippen LogP contribution is -2.33. The minimum atomic E-state index is -3.88. The highest BCUT2D eigenvalue weighted by atomic mass is 35.5. The van der Waals surface area contributed by atoms with E-state index in [1.807, 2.05) is 6.92 Å². The van der Waals surface area contributed by atoms with Crippen LogP contribution in [0.4, 0.5) is 0 Å². The molecular formula is C25H22Cl2N6O4S2. The Morgan fingerprint density at radius 3 is 2.41 bits per heavy atom. The molecule has 0 amide bonds. The third-order valence-corrected chi connectivity index (χ3v) is 10.9. The Bertz CT molecular complexity index is 1950. The Morgan fingerprint density at radius 1 is 0.923 bits per heavy atom. The van der Waals surface area contributed by atoms with Crippen LogP contribution >= 0.6 is 23.2 Å². The van der Waals surface area contributed by atoms with Crippen molar-refractivity contribution in [1.82, 2.24) is 28.3 Å². The lowest BCUT2D eigenvalue weighted by atomic mass is 10.1. The van der Waals surface area contributed by atoms with Crippen LogP contribution in [0.1, 0.15) is 36.6 Å². The van der Waals surface area contributed by atoms with E-state index in [1.54, 1.807) is 34.7 Å². The topological polar surface area (TPSA) is 128 Å². The second-order valence-corrected chi connectivity index (χ2v) is 13.9. The third kappa shape index (κ3) is 4.59. The fourth-order valence-electron chi connectivity index (χ4n) is 4.99. The van der Waals surface area contributed by atoms with E-state index in [4.69, 9.17) is 23.2 Å². The van der Waals surface area contributed by atoms with E-state index in [0.717, 1.165) is 9.54 Å². The number of fused-ring (bicyclic) bond motifs is 3. The second-order valence-electron chi connectivity index (χ2n) is 9.55. The van der Waals surface area contributed by atoms with Gasteiger partial charge in [-0.25, -0.2) is 30.5 Å². The first-order valence-corrected chi connectivity index (χ1v) is 15.7. The van der Waals surface area contributed by atoms with Crippen LogP contribution < -0.4 is 4.72 Å². The standard InChI is InChI=1S/C25H22Cl2N6O4S2/c1-15-2-6-18(7-3-15)39(36,37)32-11-10-22-25(32)28-14-23-29-30-24(33(22)23)16-4-5-17(12-16)31-38(34,35)19-8-9-20(26)21(27)13-19/h2-3,6-11,13-14,16-17,31H,4-5,12H2,1H3/t16-,17+/m1/s1. The SMILES string of the molecule is Cc1ccc(S(=O)(=O)n2ccc3c2ncc2nnc([C@@H]4CC[C@H](NS(=O)(=O)c5ccc(Cl)c(Cl)c5)C4)n23)cc1. The van der Waals surface area contributed by atoms with Gasteiger partial charge in [0.2, 0.25) is 10.0 Å². The van der Waals surface area contributed by atoms with Crippen molar-refractivity contribution in [3.8, 4) is 0 Å². The van der Waals surface area contributed by atoms with E-state index in [-0.39, 0.29) is 37.4 Å². The Balaban J connectivity index is 1.31. The van der Waals surface area contributed by atoms with Gasteiger partial charge in [-0.05, 0) is 62.6 Å². The van der Waals surface area contributed by atoms with Crippen LogP contribution in [0, 0.1) is 6.92 Å². The number of halogens is 2. The van der Waals surface area contributed by atoms with E-state index < -0.39 is 20.0 Å². The zero-order valence-electron chi connectivity index (χ0n) is 20.5. The van der Waals surface area contributed by atoms with Crippen molar-refractivity contribution in [2.24, 2.45) is 0 Å². The van der Waals surface area contributed by atoms with E-state index in [2.05, 4.69) is 19.9 Å². The molecule has 0 saturated heterocycles. The van der Waals surface area contributed by atoms with Crippen LogP contribution in [-0.2, 0) is 20.0 Å². The average Bonchev–Trinajstić information content (AvgIpc) is 3.63. The summed E-state index contributed by atoms with van der Waals surface area (Å²) in [5.74, 6) is 0.517. The van der Waals surface area contributed by atoms with Crippen molar-refractivity contribution in [3.63, 3.8) is 0 Å². The number of aromatic nitrogens is 5. The maximum absolute atomic E-state index is 13.4. The molecule has 2 atom stereocenters. The van der Waals surface area contributed by atoms with Crippen molar-refractivity contribution in [3.05, 3.63) is 82.4 Å². The molecule has 1 saturated carbocycles. The van der Waals surface area contributed by atoms with Gasteiger partial charge in [-0.3, -0.25) is 4.40 Å². The fraction of sp³-hybridized carbons (Fsp3) is 0.240. The number of nitrogens with zero attached hydrogens (tertiary/aromatic N) is 5. The van der Waals surface area contributed by atoms with E-state index in [0.29, 0.717) is 36.3 Å². The summed E-state index contributed by atoms with van der Waals surface area (Å²) < 4.78 is 58.3. The highest BCUT2D eigenvalue weighted by molar-refractivity contribution is 7.90. The first-order valence-electron chi connectivity index (χ1n) is 12.1. The van der Waals surface area contributed by atoms with Crippen LogP contribution in [-0.4, -0.2) is 46.4 Å². The molecule has 39 heavy (non-hydrogen) atoms. The molecule has 1 N–H and O–H groups in total. The highest BCUT2D eigenvalue weighted by Gasteiger charge is 2.33. The van der Waals surface area contributed by atoms with E-state index in [9.17, 15) is 16.8 Å². The molecular weight excluding hydrogens is 583 g/mol. The zero-order valence-corrected chi connectivity index (χ0v) is 23.6. The number of nitrogens with one attached hydrogen (secondary N) is 1. The van der Waals surface area contributed by atoms with Crippen LogP contribution in [0.15, 0.2) is 70.7 Å². The molecule has 2 aromatic carbocycles. The predicted octanol–water partition coefficient (Wildman–Crippen LogP) is 4.55. The van der Waals surface area contributed by atoms with Crippen molar-refractivity contribution in [2.45, 2.75) is 47.9 Å². The Kier molecular flexibility index (Phi) is 6.42. The van der Waals surface area contributed by atoms with Gasteiger partial charge in [0.1, 0.15) is 5.82 Å². The summed E-state index contributed by atoms with van der Waals surface area (Å²) in [5, 5.41) is 9.06. The first-order chi connectivity index (χ1) is 18.5. The lowest BCUT2D eigenvalue weighted by molar-refractivity contribution is 0.546. The summed E-state index contributed by atoms with van der Waals surface area (Å²) in [5.41, 5.74) is 2.22. The minimum Gasteiger partial charge on any atom is -0.274 e. The molecule has 3 aromatic heterocycles. The maximum atomic E-state index is 13.4. The van der Waals surface area contributed by atoms with Crippen LogP contribution in [0.2, 0.25) is 10.0 Å². The van der Waals surface area contributed by atoms with Gasteiger partial charge in [0, 0.05) is 18.2 Å². The zero-order chi connectivity index (χ0) is 27.5.